The van der Waals surface area contributed by atoms with Crippen LogP contribution in [-0.4, -0.2) is 50.6 Å². The Morgan fingerprint density at radius 3 is 1.75 bits per heavy atom. The first-order chi connectivity index (χ1) is 5.56. The van der Waals surface area contributed by atoms with Gasteiger partial charge in [-0.3, -0.25) is 0 Å². The van der Waals surface area contributed by atoms with E-state index in [2.05, 4.69) is 6.58 Å². The summed E-state index contributed by atoms with van der Waals surface area (Å²) in [6.07, 6.45) is 0. The first-order valence-electron chi connectivity index (χ1n) is 3.43. The third-order valence-corrected chi connectivity index (χ3v) is 12.1. The van der Waals surface area contributed by atoms with E-state index in [0.717, 1.165) is 21.0 Å². The third-order valence-electron chi connectivity index (χ3n) is 0.857. The average Bonchev–Trinajstić information content (AvgIpc) is 2.02. The van der Waals surface area contributed by atoms with E-state index >= 15 is 0 Å². The number of rotatable bonds is 4. The highest BCUT2D eigenvalue weighted by Crippen LogP contribution is 1.81. The molecule has 0 aromatic carbocycles. The molecule has 0 amide bonds. The fourth-order valence-corrected chi connectivity index (χ4v) is 4.50. The predicted octanol–water partition coefficient (Wildman–Crippen LogP) is -3.69. The van der Waals surface area contributed by atoms with Gasteiger partial charge in [-0.05, 0) is 6.92 Å². The summed E-state index contributed by atoms with van der Waals surface area (Å²) in [5.41, 5.74) is 0.176. The van der Waals surface area contributed by atoms with Crippen molar-refractivity contribution in [1.29, 1.82) is 0 Å². The lowest BCUT2D eigenvalue weighted by atomic mass is 10.4. The van der Waals surface area contributed by atoms with Crippen LogP contribution in [0.4, 0.5) is 0 Å². The molecule has 0 radical (unpaired) electrons. The Kier molecular flexibility index (Phi) is 13.3. The van der Waals surface area contributed by atoms with Crippen LogP contribution in [0.25, 0.3) is 0 Å². The van der Waals surface area contributed by atoms with Crippen molar-refractivity contribution in [3.8, 4) is 0 Å². The number of carbonyl (C=O) groups is 1. The lowest BCUT2D eigenvalue weighted by molar-refractivity contribution is -0.132. The van der Waals surface area contributed by atoms with Gasteiger partial charge in [0, 0.05) is 5.57 Å². The van der Waals surface area contributed by atoms with Crippen LogP contribution in [0, 0.1) is 0 Å². The third kappa shape index (κ3) is 16.5. The van der Waals surface area contributed by atoms with Crippen molar-refractivity contribution in [2.75, 3.05) is 0 Å². The number of aliphatic carboxylic acids is 1. The van der Waals surface area contributed by atoms with Crippen molar-refractivity contribution < 1.29 is 18.1 Å². The summed E-state index contributed by atoms with van der Waals surface area (Å²) in [5, 5.41) is 7.89. The number of hydrogen-bond donors (Lipinski definition) is 1. The van der Waals surface area contributed by atoms with Gasteiger partial charge in [-0.25, -0.2) is 4.79 Å². The standard InChI is InChI=1S/C4H6O2.H10O2Si4/c1-3(2)4(5)6;3-1-5-6-2-4/h1H2,2H3,(H,5,6);5-6H2,3-4H3. The van der Waals surface area contributed by atoms with Crippen LogP contribution in [0.3, 0.4) is 0 Å². The van der Waals surface area contributed by atoms with Gasteiger partial charge in [-0.2, -0.15) is 0 Å². The zero-order chi connectivity index (χ0) is 9.98. The highest BCUT2D eigenvalue weighted by molar-refractivity contribution is 6.95. The molecule has 0 atom stereocenters. The fraction of sp³-hybridized carbons (Fsp3) is 0.250. The molecule has 1 N–H and O–H groups in total. The topological polar surface area (TPSA) is 55.8 Å². The Bertz CT molecular complexity index is 123. The van der Waals surface area contributed by atoms with Crippen molar-refractivity contribution in [1.82, 2.24) is 0 Å². The molecule has 8 heteroatoms. The summed E-state index contributed by atoms with van der Waals surface area (Å²) in [5.74, 6) is -0.935. The molecule has 0 fully saturated rings. The van der Waals surface area contributed by atoms with Crippen LogP contribution < -0.4 is 0 Å². The molecule has 0 aliphatic carbocycles. The van der Waals surface area contributed by atoms with Crippen molar-refractivity contribution in [2.24, 2.45) is 0 Å². The molecule has 0 bridgehead atoms. The average molecular weight is 241 g/mol. The van der Waals surface area contributed by atoms with Gasteiger partial charge in [0.15, 0.2) is 18.6 Å². The summed E-state index contributed by atoms with van der Waals surface area (Å²) < 4.78 is 10.0. The van der Waals surface area contributed by atoms with Gasteiger partial charge in [0.25, 0.3) is 0 Å². The monoisotopic (exact) mass is 240 g/mol. The number of hydrogen-bond acceptors (Lipinski definition) is 3. The van der Waals surface area contributed by atoms with E-state index in [4.69, 9.17) is 13.3 Å². The molecule has 12 heavy (non-hydrogen) atoms. The molecule has 0 unspecified atom stereocenters. The van der Waals surface area contributed by atoms with Gasteiger partial charge in [-0.1, -0.05) is 6.58 Å². The van der Waals surface area contributed by atoms with E-state index < -0.39 is 5.97 Å². The van der Waals surface area contributed by atoms with Crippen LogP contribution in [-0.2, 0) is 13.0 Å². The van der Waals surface area contributed by atoms with E-state index in [1.807, 2.05) is 0 Å². The number of carboxylic acid groups (broad SMARTS) is 1. The van der Waals surface area contributed by atoms with E-state index in [1.165, 1.54) is 6.92 Å². The zero-order valence-corrected chi connectivity index (χ0v) is 14.6. The van der Waals surface area contributed by atoms with Gasteiger partial charge in [0.2, 0.25) is 0 Å². The maximum absolute atomic E-state index is 9.60. The van der Waals surface area contributed by atoms with Crippen LogP contribution in [0.5, 0.6) is 0 Å². The van der Waals surface area contributed by atoms with Gasteiger partial charge in [-0.15, -0.1) is 0 Å². The molecule has 0 spiro atoms. The Balaban J connectivity index is 0. The minimum absolute atomic E-state index is 0.0652. The SMILES string of the molecule is C=C(C)C(=O)O.[SiH3]O[SiH2][SiH2]O[SiH3]. The molecule has 4 nitrogen and oxygen atoms in total. The molecule has 0 aliphatic rings. The predicted molar refractivity (Wildman–Crippen MR) is 61.6 cm³/mol. The summed E-state index contributed by atoms with van der Waals surface area (Å²) in [7, 11) is 1.74. The van der Waals surface area contributed by atoms with Gasteiger partial charge in [0.1, 0.15) is 21.0 Å². The smallest absolute Gasteiger partial charge is 0.330 e. The second-order valence-electron chi connectivity index (χ2n) is 2.07. The van der Waals surface area contributed by atoms with Crippen LogP contribution in [0.1, 0.15) is 6.92 Å². The molecule has 0 aromatic heterocycles. The van der Waals surface area contributed by atoms with E-state index in [-0.39, 0.29) is 24.1 Å². The maximum Gasteiger partial charge on any atom is 0.330 e. The zero-order valence-electron chi connectivity index (χ0n) is 7.79. The van der Waals surface area contributed by atoms with Gasteiger partial charge in [0.05, 0.1) is 0 Å². The largest absolute Gasteiger partial charge is 0.478 e. The summed E-state index contributed by atoms with van der Waals surface area (Å²) >= 11 is 0. The first kappa shape index (κ1) is 14.5. The minimum atomic E-state index is -0.935. The number of carboxylic acids is 1. The van der Waals surface area contributed by atoms with Crippen LogP contribution in [0.15, 0.2) is 12.2 Å². The van der Waals surface area contributed by atoms with Crippen molar-refractivity contribution in [3.63, 3.8) is 0 Å². The summed E-state index contributed by atoms with van der Waals surface area (Å²) in [4.78, 5) is 9.60. The highest BCUT2D eigenvalue weighted by atomic mass is 29.2. The Morgan fingerprint density at radius 2 is 1.67 bits per heavy atom. The van der Waals surface area contributed by atoms with Crippen LogP contribution >= 0.6 is 0 Å². The lowest BCUT2D eigenvalue weighted by Crippen LogP contribution is -2.08. The van der Waals surface area contributed by atoms with Crippen molar-refractivity contribution in [3.05, 3.63) is 12.2 Å². The fourth-order valence-electron chi connectivity index (χ4n) is 0.167. The summed E-state index contributed by atoms with van der Waals surface area (Å²) in [6, 6.07) is 0. The van der Waals surface area contributed by atoms with Gasteiger partial charge < -0.3 is 13.3 Å². The minimum Gasteiger partial charge on any atom is -0.478 e. The molecule has 0 aliphatic heterocycles. The molecule has 72 valence electrons. The maximum atomic E-state index is 9.60. The molecule has 0 heterocycles. The quantitative estimate of drug-likeness (QED) is 0.312. The first-order valence-corrected chi connectivity index (χ1v) is 10.2. The molecule has 0 rings (SSSR count). The highest BCUT2D eigenvalue weighted by Gasteiger charge is 1.90. The molecule has 0 saturated carbocycles. The Labute approximate surface area is 83.1 Å². The molecule has 0 saturated heterocycles. The van der Waals surface area contributed by atoms with E-state index in [0.29, 0.717) is 0 Å². The van der Waals surface area contributed by atoms with Crippen LogP contribution in [0.2, 0.25) is 0 Å². The van der Waals surface area contributed by atoms with E-state index in [1.54, 1.807) is 0 Å². The van der Waals surface area contributed by atoms with E-state index in [9.17, 15) is 4.79 Å². The second kappa shape index (κ2) is 11.0. The molecular formula is C4H16O4Si4. The Morgan fingerprint density at radius 1 is 1.42 bits per heavy atom. The van der Waals surface area contributed by atoms with Crippen molar-refractivity contribution in [2.45, 2.75) is 6.92 Å². The Hall–Kier alpha value is -0.00247. The van der Waals surface area contributed by atoms with Crippen molar-refractivity contribution >= 4 is 45.5 Å². The second-order valence-corrected chi connectivity index (χ2v) is 9.96. The molecule has 0 aromatic rings. The summed E-state index contributed by atoms with van der Waals surface area (Å²) in [6.45, 7) is 4.60. The molecular weight excluding hydrogens is 224 g/mol. The normalized spacial score (nSPS) is 10.8. The van der Waals surface area contributed by atoms with Gasteiger partial charge >= 0.3 is 5.97 Å². The lowest BCUT2D eigenvalue weighted by Gasteiger charge is -1.90.